The van der Waals surface area contributed by atoms with E-state index in [1.165, 1.54) is 13.0 Å². The van der Waals surface area contributed by atoms with E-state index in [1.54, 1.807) is 6.07 Å². The van der Waals surface area contributed by atoms with Crippen LogP contribution in [0.5, 0.6) is 5.75 Å². The number of unbranched alkanes of at least 4 members (excludes halogenated alkanes) is 1. The number of amides is 1. The first-order valence-corrected chi connectivity index (χ1v) is 7.05. The normalized spacial score (nSPS) is 10.0. The lowest BCUT2D eigenvalue weighted by Gasteiger charge is -2.16. The number of carboxylic acids is 1. The highest BCUT2D eigenvalue weighted by atomic mass is 16.5. The molecule has 6 heteroatoms. The molecule has 6 nitrogen and oxygen atoms in total. The van der Waals surface area contributed by atoms with Gasteiger partial charge >= 0.3 is 5.97 Å². The van der Waals surface area contributed by atoms with Crippen LogP contribution in [0.2, 0.25) is 0 Å². The van der Waals surface area contributed by atoms with E-state index >= 15 is 0 Å². The van der Waals surface area contributed by atoms with E-state index in [4.69, 9.17) is 4.74 Å². The number of anilines is 2. The Bertz CT molecular complexity index is 515. The number of carbonyl (C=O) groups excluding carboxylic acids is 1. The fraction of sp³-hybridized carbons (Fsp3) is 0.467. The lowest BCUT2D eigenvalue weighted by atomic mass is 10.1. The molecule has 0 heterocycles. The summed E-state index contributed by atoms with van der Waals surface area (Å²) in [6.07, 6.45) is 1.79. The molecule has 0 saturated carbocycles. The van der Waals surface area contributed by atoms with Gasteiger partial charge in [-0.2, -0.15) is 0 Å². The van der Waals surface area contributed by atoms with Crippen molar-refractivity contribution in [3.63, 3.8) is 0 Å². The van der Waals surface area contributed by atoms with Crippen LogP contribution in [0.15, 0.2) is 12.1 Å². The number of ether oxygens (including phenoxy) is 1. The molecule has 0 aliphatic carbocycles. The highest BCUT2D eigenvalue weighted by Gasteiger charge is 2.16. The van der Waals surface area contributed by atoms with Gasteiger partial charge in [0.2, 0.25) is 5.91 Å². The van der Waals surface area contributed by atoms with Crippen LogP contribution < -0.4 is 15.4 Å². The van der Waals surface area contributed by atoms with Crippen LogP contribution in [-0.4, -0.2) is 30.1 Å². The van der Waals surface area contributed by atoms with E-state index in [2.05, 4.69) is 10.6 Å². The largest absolute Gasteiger partial charge is 0.493 e. The summed E-state index contributed by atoms with van der Waals surface area (Å²) in [6, 6.07) is 3.04. The second-order valence-electron chi connectivity index (χ2n) is 4.61. The first-order chi connectivity index (χ1) is 9.99. The Hall–Kier alpha value is -2.24. The van der Waals surface area contributed by atoms with E-state index in [0.717, 1.165) is 12.8 Å². The Morgan fingerprint density at radius 1 is 1.24 bits per heavy atom. The van der Waals surface area contributed by atoms with Gasteiger partial charge in [-0.25, -0.2) is 4.79 Å². The molecule has 0 aromatic heterocycles. The van der Waals surface area contributed by atoms with E-state index in [9.17, 15) is 14.7 Å². The molecule has 0 aliphatic rings. The van der Waals surface area contributed by atoms with Crippen LogP contribution in [-0.2, 0) is 4.79 Å². The first-order valence-electron chi connectivity index (χ1n) is 7.05. The Morgan fingerprint density at radius 3 is 2.48 bits per heavy atom. The minimum atomic E-state index is -1.06. The Balaban J connectivity index is 3.18. The van der Waals surface area contributed by atoms with Crippen molar-refractivity contribution in [2.45, 2.75) is 33.6 Å². The summed E-state index contributed by atoms with van der Waals surface area (Å²) >= 11 is 0. The molecule has 0 fully saturated rings. The predicted molar refractivity (Wildman–Crippen MR) is 82.3 cm³/mol. The number of benzene rings is 1. The van der Waals surface area contributed by atoms with Crippen molar-refractivity contribution in [3.05, 3.63) is 17.7 Å². The van der Waals surface area contributed by atoms with Crippen LogP contribution in [0.3, 0.4) is 0 Å². The zero-order valence-corrected chi connectivity index (χ0v) is 12.7. The van der Waals surface area contributed by atoms with Crippen molar-refractivity contribution in [1.29, 1.82) is 0 Å². The van der Waals surface area contributed by atoms with Crippen LogP contribution in [0.25, 0.3) is 0 Å². The van der Waals surface area contributed by atoms with E-state index in [-0.39, 0.29) is 17.2 Å². The zero-order valence-electron chi connectivity index (χ0n) is 12.7. The minimum Gasteiger partial charge on any atom is -0.493 e. The number of carbonyl (C=O) groups is 2. The number of rotatable bonds is 8. The van der Waals surface area contributed by atoms with Crippen LogP contribution in [0.1, 0.15) is 44.0 Å². The molecule has 0 unspecified atom stereocenters. The van der Waals surface area contributed by atoms with Gasteiger partial charge in [0.05, 0.1) is 18.0 Å². The van der Waals surface area contributed by atoms with Gasteiger partial charge < -0.3 is 20.5 Å². The Morgan fingerprint density at radius 2 is 1.95 bits per heavy atom. The lowest BCUT2D eigenvalue weighted by Crippen LogP contribution is -2.12. The van der Waals surface area contributed by atoms with Crippen molar-refractivity contribution < 1.29 is 19.4 Å². The number of nitrogens with one attached hydrogen (secondary N) is 2. The first kappa shape index (κ1) is 16.8. The third-order valence-electron chi connectivity index (χ3n) is 2.78. The van der Waals surface area contributed by atoms with Gasteiger partial charge in [-0.15, -0.1) is 0 Å². The molecule has 1 rings (SSSR count). The van der Waals surface area contributed by atoms with Gasteiger partial charge in [-0.05, 0) is 19.4 Å². The second kappa shape index (κ2) is 8.14. The fourth-order valence-electron chi connectivity index (χ4n) is 1.82. The van der Waals surface area contributed by atoms with Gasteiger partial charge in [0, 0.05) is 19.5 Å². The molecule has 0 spiro atoms. The molecule has 1 aromatic carbocycles. The van der Waals surface area contributed by atoms with Crippen LogP contribution >= 0.6 is 0 Å². The van der Waals surface area contributed by atoms with Gasteiger partial charge in [0.1, 0.15) is 11.3 Å². The molecule has 0 aliphatic heterocycles. The third kappa shape index (κ3) is 4.98. The topological polar surface area (TPSA) is 87.7 Å². The van der Waals surface area contributed by atoms with Gasteiger partial charge in [-0.1, -0.05) is 13.3 Å². The molecule has 0 radical (unpaired) electrons. The van der Waals surface area contributed by atoms with E-state index in [0.29, 0.717) is 24.5 Å². The lowest BCUT2D eigenvalue weighted by molar-refractivity contribution is -0.114. The molecule has 3 N–H and O–H groups in total. The van der Waals surface area contributed by atoms with Crippen molar-refractivity contribution in [2.75, 3.05) is 23.8 Å². The highest BCUT2D eigenvalue weighted by molar-refractivity contribution is 5.98. The average molecular weight is 294 g/mol. The minimum absolute atomic E-state index is 0.0798. The SMILES string of the molecule is CCCCOc1cc(NC(C)=O)c(NCC)cc1C(=O)O. The molecule has 0 bridgehead atoms. The van der Waals surface area contributed by atoms with Crippen LogP contribution in [0.4, 0.5) is 11.4 Å². The smallest absolute Gasteiger partial charge is 0.339 e. The number of hydrogen-bond donors (Lipinski definition) is 3. The Kier molecular flexibility index (Phi) is 6.52. The zero-order chi connectivity index (χ0) is 15.8. The number of aromatic carboxylic acids is 1. The summed E-state index contributed by atoms with van der Waals surface area (Å²) in [6.45, 7) is 6.37. The van der Waals surface area contributed by atoms with Crippen molar-refractivity contribution >= 4 is 23.3 Å². The molecule has 0 saturated heterocycles. The predicted octanol–water partition coefficient (Wildman–Crippen LogP) is 2.95. The molecular formula is C15H22N2O4. The summed E-state index contributed by atoms with van der Waals surface area (Å²) < 4.78 is 5.53. The molecule has 21 heavy (non-hydrogen) atoms. The number of hydrogen-bond acceptors (Lipinski definition) is 4. The fourth-order valence-corrected chi connectivity index (χ4v) is 1.82. The molecule has 1 aromatic rings. The Labute approximate surface area is 124 Å². The number of carboxylic acid groups (broad SMARTS) is 1. The summed E-state index contributed by atoms with van der Waals surface area (Å²) in [4.78, 5) is 22.6. The molecule has 1 amide bonds. The average Bonchev–Trinajstić information content (AvgIpc) is 2.40. The van der Waals surface area contributed by atoms with Gasteiger partial charge in [-0.3, -0.25) is 4.79 Å². The summed E-state index contributed by atoms with van der Waals surface area (Å²) in [5.41, 5.74) is 1.16. The maximum atomic E-state index is 11.3. The van der Waals surface area contributed by atoms with Crippen molar-refractivity contribution in [2.24, 2.45) is 0 Å². The van der Waals surface area contributed by atoms with Crippen molar-refractivity contribution in [3.8, 4) is 5.75 Å². The summed E-state index contributed by atoms with van der Waals surface area (Å²) in [5.74, 6) is -1.02. The standard InChI is InChI=1S/C15H22N2O4/c1-4-6-7-21-14-9-13(17-10(3)18)12(16-5-2)8-11(14)15(19)20/h8-9,16H,4-7H2,1-3H3,(H,17,18)(H,19,20). The maximum Gasteiger partial charge on any atom is 0.339 e. The summed E-state index contributed by atoms with van der Waals surface area (Å²) in [7, 11) is 0. The monoisotopic (exact) mass is 294 g/mol. The maximum absolute atomic E-state index is 11.3. The highest BCUT2D eigenvalue weighted by Crippen LogP contribution is 2.31. The van der Waals surface area contributed by atoms with Crippen molar-refractivity contribution in [1.82, 2.24) is 0 Å². The molecular weight excluding hydrogens is 272 g/mol. The third-order valence-corrected chi connectivity index (χ3v) is 2.78. The van der Waals surface area contributed by atoms with Crippen LogP contribution in [0, 0.1) is 0 Å². The quantitative estimate of drug-likeness (QED) is 0.642. The van der Waals surface area contributed by atoms with Gasteiger partial charge in [0.25, 0.3) is 0 Å². The van der Waals surface area contributed by atoms with E-state index < -0.39 is 5.97 Å². The van der Waals surface area contributed by atoms with Gasteiger partial charge in [0.15, 0.2) is 0 Å². The van der Waals surface area contributed by atoms with E-state index in [1.807, 2.05) is 13.8 Å². The molecule has 0 atom stereocenters. The molecule has 116 valence electrons. The summed E-state index contributed by atoms with van der Waals surface area (Å²) in [5, 5.41) is 15.0. The second-order valence-corrected chi connectivity index (χ2v) is 4.61.